The Morgan fingerprint density at radius 1 is 1.04 bits per heavy atom. The molecule has 0 spiro atoms. The van der Waals surface area contributed by atoms with Crippen molar-refractivity contribution < 1.29 is 38.2 Å². The van der Waals surface area contributed by atoms with Crippen LogP contribution in [0.25, 0.3) is 33.4 Å². The summed E-state index contributed by atoms with van der Waals surface area (Å²) in [5.41, 5.74) is 11.9. The lowest BCUT2D eigenvalue weighted by Gasteiger charge is -2.36. The number of methoxy groups -OCH3 is 1. The highest BCUT2D eigenvalue weighted by Crippen LogP contribution is 2.45. The molecule has 4 amide bonds. The Morgan fingerprint density at radius 3 is 2.58 bits per heavy atom. The second-order valence-electron chi connectivity index (χ2n) is 21.1. The van der Waals surface area contributed by atoms with Crippen LogP contribution in [0.2, 0.25) is 0 Å². The zero-order chi connectivity index (χ0) is 51.0. The Labute approximate surface area is 426 Å². The maximum atomic E-state index is 14.8. The van der Waals surface area contributed by atoms with E-state index in [1.807, 2.05) is 32.3 Å². The van der Waals surface area contributed by atoms with E-state index in [4.69, 9.17) is 24.2 Å². The highest BCUT2D eigenvalue weighted by molar-refractivity contribution is 7.10. The molecule has 9 rings (SSSR count). The van der Waals surface area contributed by atoms with Crippen LogP contribution in [0, 0.1) is 29.1 Å². The smallest absolute Gasteiger partial charge is 0.324 e. The molecule has 384 valence electrons. The first-order chi connectivity index (χ1) is 34.5. The van der Waals surface area contributed by atoms with Crippen LogP contribution in [-0.4, -0.2) is 144 Å². The molecule has 3 saturated heterocycles. The SMILES string of the molecule is CC#CC(=O)N1CC[C@@H](C(=O)N(C)[C@H](C(=O)N[C@H]2Cc3nc(cs3)-c3cc4c5c(c3)c(c(-c3cc(N6CCOCC6)cnc3[C@H](C)OC)n5CCC4)CC(C)(C)COC(=O)[C@@H]3CCCN(N3)C2=O)C(C)C)C1. The number of hydrogen-bond donors (Lipinski definition) is 2. The molecule has 0 saturated carbocycles. The molecule has 72 heavy (non-hydrogen) atoms. The number of nitrogens with one attached hydrogen (secondary N) is 2. The molecule has 17 nitrogen and oxygen atoms in total. The van der Waals surface area contributed by atoms with Gasteiger partial charge in [0.1, 0.15) is 18.1 Å². The Hall–Kier alpha value is -5.87. The third-order valence-electron chi connectivity index (χ3n) is 15.0. The van der Waals surface area contributed by atoms with Crippen LogP contribution >= 0.6 is 11.3 Å². The van der Waals surface area contributed by atoms with E-state index in [0.717, 1.165) is 77.3 Å². The van der Waals surface area contributed by atoms with Crippen LogP contribution < -0.4 is 15.6 Å². The number of amides is 4. The number of aromatic nitrogens is 3. The van der Waals surface area contributed by atoms with Crippen LogP contribution in [-0.2, 0) is 64.0 Å². The average Bonchev–Trinajstić information content (AvgIpc) is 4.14. The van der Waals surface area contributed by atoms with E-state index >= 15 is 0 Å². The number of likely N-dealkylation sites (N-methyl/N-ethyl adjacent to an activating group) is 1. The lowest BCUT2D eigenvalue weighted by atomic mass is 9.84. The summed E-state index contributed by atoms with van der Waals surface area (Å²) in [6.45, 7) is 16.3. The van der Waals surface area contributed by atoms with Crippen molar-refractivity contribution in [2.45, 2.75) is 117 Å². The van der Waals surface area contributed by atoms with Gasteiger partial charge in [-0.05, 0) is 93.5 Å². The number of hydrogen-bond acceptors (Lipinski definition) is 13. The summed E-state index contributed by atoms with van der Waals surface area (Å²) in [7, 11) is 3.32. The maximum Gasteiger partial charge on any atom is 0.324 e. The van der Waals surface area contributed by atoms with Crippen LogP contribution in [0.15, 0.2) is 29.8 Å². The van der Waals surface area contributed by atoms with Crippen LogP contribution in [0.1, 0.15) is 95.2 Å². The van der Waals surface area contributed by atoms with Gasteiger partial charge in [-0.25, -0.2) is 10.4 Å². The van der Waals surface area contributed by atoms with E-state index in [-0.39, 0.29) is 43.4 Å². The number of carbonyl (C=O) groups is 5. The molecular formula is C54H69N9O8S. The molecule has 0 unspecified atom stereocenters. The number of rotatable bonds is 9. The average molecular weight is 1000 g/mol. The molecule has 5 aliphatic rings. The van der Waals surface area contributed by atoms with Gasteiger partial charge in [0, 0.05) is 87.2 Å². The quantitative estimate of drug-likeness (QED) is 0.163. The molecule has 0 aliphatic carbocycles. The van der Waals surface area contributed by atoms with Crippen molar-refractivity contribution >= 4 is 57.5 Å². The third-order valence-corrected chi connectivity index (χ3v) is 15.9. The van der Waals surface area contributed by atoms with Gasteiger partial charge < -0.3 is 38.8 Å². The lowest BCUT2D eigenvalue weighted by Crippen LogP contribution is -2.62. The number of anilines is 1. The summed E-state index contributed by atoms with van der Waals surface area (Å²) < 4.78 is 20.4. The predicted octanol–water partition coefficient (Wildman–Crippen LogP) is 5.32. The monoisotopic (exact) mass is 1000 g/mol. The number of pyridine rings is 1. The molecule has 5 aliphatic heterocycles. The molecule has 4 aromatic rings. The highest BCUT2D eigenvalue weighted by Gasteiger charge is 2.41. The fraction of sp³-hybridized carbons (Fsp3) is 0.574. The van der Waals surface area contributed by atoms with Gasteiger partial charge in [-0.3, -0.25) is 34.0 Å². The zero-order valence-corrected chi connectivity index (χ0v) is 43.8. The Balaban J connectivity index is 1.11. The van der Waals surface area contributed by atoms with E-state index in [0.29, 0.717) is 57.0 Å². The molecule has 0 radical (unpaired) electrons. The number of thiazole rings is 1. The standard InChI is InChI=1S/C54H69N9O8S/c1-9-12-45(64)61-18-15-35(29-61)51(66)59(7)47(32(2)3)50(65)57-42-26-44-56-43(30-72-44)36-23-34-13-10-16-62-48(34)38(24-36)40(27-54(5,6)31-71-53(68)41-14-11-17-63(58-41)52(42)67)49(62)39-25-37(60-19-21-70-22-20-60)28-55-46(39)33(4)69-8/h23-25,28,30,32-33,35,41-42,47,58H,10-11,13-22,26-27,29,31H2,1-8H3,(H,57,65)/t33-,35+,41-,42-,47-/m0/s1. The molecule has 2 N–H and O–H groups in total. The van der Waals surface area contributed by atoms with Crippen molar-refractivity contribution in [3.63, 3.8) is 0 Å². The largest absolute Gasteiger partial charge is 0.464 e. The number of fused-ring (bicyclic) bond motifs is 6. The van der Waals surface area contributed by atoms with Gasteiger partial charge >= 0.3 is 5.97 Å². The van der Waals surface area contributed by atoms with E-state index in [2.05, 4.69) is 64.1 Å². The molecule has 1 aromatic carbocycles. The fourth-order valence-corrected chi connectivity index (χ4v) is 12.1. The van der Waals surface area contributed by atoms with Gasteiger partial charge in [0.05, 0.1) is 71.3 Å². The lowest BCUT2D eigenvalue weighted by molar-refractivity contribution is -0.155. The molecule has 3 fully saturated rings. The number of aryl methyl sites for hydroxylation is 2. The second kappa shape index (κ2) is 21.3. The number of esters is 1. The van der Waals surface area contributed by atoms with Gasteiger partial charge in [-0.1, -0.05) is 33.6 Å². The van der Waals surface area contributed by atoms with E-state index in [9.17, 15) is 24.0 Å². The first kappa shape index (κ1) is 51.0. The van der Waals surface area contributed by atoms with Gasteiger partial charge in [-0.15, -0.1) is 11.3 Å². The molecular weight excluding hydrogens is 935 g/mol. The second-order valence-corrected chi connectivity index (χ2v) is 22.1. The Kier molecular flexibility index (Phi) is 15.1. The summed E-state index contributed by atoms with van der Waals surface area (Å²) in [6, 6.07) is 3.94. The first-order valence-corrected chi connectivity index (χ1v) is 26.4. The molecule has 3 aromatic heterocycles. The van der Waals surface area contributed by atoms with Crippen LogP contribution in [0.3, 0.4) is 0 Å². The van der Waals surface area contributed by atoms with Gasteiger partial charge in [0.25, 0.3) is 11.8 Å². The van der Waals surface area contributed by atoms with Gasteiger partial charge in [-0.2, -0.15) is 0 Å². The maximum absolute atomic E-state index is 14.8. The van der Waals surface area contributed by atoms with Gasteiger partial charge in [0.15, 0.2) is 0 Å². The van der Waals surface area contributed by atoms with E-state index in [1.54, 1.807) is 26.0 Å². The van der Waals surface area contributed by atoms with Crippen molar-refractivity contribution in [2.24, 2.45) is 17.3 Å². The topological polar surface area (TPSA) is 181 Å². The van der Waals surface area contributed by atoms with Crippen molar-refractivity contribution in [3.8, 4) is 34.4 Å². The minimum Gasteiger partial charge on any atom is -0.464 e. The number of cyclic esters (lactones) is 1. The van der Waals surface area contributed by atoms with Crippen LogP contribution in [0.5, 0.6) is 0 Å². The van der Waals surface area contributed by atoms with Crippen molar-refractivity contribution in [3.05, 3.63) is 51.6 Å². The third kappa shape index (κ3) is 10.4. The summed E-state index contributed by atoms with van der Waals surface area (Å²) in [6.07, 6.45) is 5.59. The van der Waals surface area contributed by atoms with Crippen molar-refractivity contribution in [1.29, 1.82) is 0 Å². The van der Waals surface area contributed by atoms with Crippen LogP contribution in [0.4, 0.5) is 5.69 Å². The van der Waals surface area contributed by atoms with Crippen molar-refractivity contribution in [2.75, 3.05) is 71.6 Å². The molecule has 18 heteroatoms. The number of likely N-dealkylation sites (tertiary alicyclic amines) is 1. The summed E-state index contributed by atoms with van der Waals surface area (Å²) >= 11 is 1.43. The zero-order valence-electron chi connectivity index (χ0n) is 43.0. The molecule has 8 heterocycles. The number of ether oxygens (including phenoxy) is 3. The highest BCUT2D eigenvalue weighted by atomic mass is 32.1. The molecule has 5 atom stereocenters. The Bertz CT molecular complexity index is 2800. The summed E-state index contributed by atoms with van der Waals surface area (Å²) in [4.78, 5) is 85.7. The predicted molar refractivity (Wildman–Crippen MR) is 275 cm³/mol. The summed E-state index contributed by atoms with van der Waals surface area (Å²) in [5, 5.41) is 8.26. The van der Waals surface area contributed by atoms with E-state index < -0.39 is 47.2 Å². The van der Waals surface area contributed by atoms with Crippen molar-refractivity contribution in [1.82, 2.24) is 40.1 Å². The normalized spacial score (nSPS) is 22.2. The minimum absolute atomic E-state index is 0.0746. The number of morpholine rings is 1. The van der Waals surface area contributed by atoms with E-state index in [1.165, 1.54) is 32.3 Å². The number of hydrazine groups is 1. The Morgan fingerprint density at radius 2 is 1.83 bits per heavy atom. The fourth-order valence-electron chi connectivity index (χ4n) is 11.3. The minimum atomic E-state index is -1.09. The summed E-state index contributed by atoms with van der Waals surface area (Å²) in [5.74, 6) is 2.44. The van der Waals surface area contributed by atoms with Gasteiger partial charge in [0.2, 0.25) is 11.8 Å². The number of nitrogens with zero attached hydrogens (tertiary/aromatic N) is 7. The first-order valence-electron chi connectivity index (χ1n) is 25.6. The molecule has 6 bridgehead atoms. The number of benzene rings is 1. The number of carbonyl (C=O) groups excluding carboxylic acids is 5.